The molecule has 0 aliphatic heterocycles. The Labute approximate surface area is 199 Å². The molecular weight excluding hydrogens is 410 g/mol. The minimum absolute atomic E-state index is 0.0839. The molecule has 1 aromatic rings. The smallest absolute Gasteiger partial charge is 0.157 e. The van der Waals surface area contributed by atoms with Crippen molar-refractivity contribution >= 4 is 5.78 Å². The van der Waals surface area contributed by atoms with Gasteiger partial charge in [-0.25, -0.2) is 0 Å². The van der Waals surface area contributed by atoms with Gasteiger partial charge in [-0.2, -0.15) is 10.4 Å². The van der Waals surface area contributed by atoms with E-state index in [4.69, 9.17) is 10.00 Å². The molecule has 0 aromatic carbocycles. The number of Topliss-reactive ketones (excluding diaryl/α,β-unsaturated/α-hetero) is 1. The topological polar surface area (TPSA) is 67.9 Å². The maximum Gasteiger partial charge on any atom is 0.157 e. The lowest BCUT2D eigenvalue weighted by atomic mass is 9.42. The molecule has 4 aliphatic carbocycles. The maximum absolute atomic E-state index is 13.5. The summed E-state index contributed by atoms with van der Waals surface area (Å²) in [5.41, 5.74) is 1.07. The predicted molar refractivity (Wildman–Crippen MR) is 127 cm³/mol. The van der Waals surface area contributed by atoms with Gasteiger partial charge < -0.3 is 4.74 Å². The highest BCUT2D eigenvalue weighted by Gasteiger charge is 2.63. The van der Waals surface area contributed by atoms with Crippen LogP contribution in [0.5, 0.6) is 0 Å². The van der Waals surface area contributed by atoms with Crippen LogP contribution < -0.4 is 0 Å². The quantitative estimate of drug-likeness (QED) is 0.593. The van der Waals surface area contributed by atoms with Crippen molar-refractivity contribution < 1.29 is 9.53 Å². The lowest BCUT2D eigenvalue weighted by Gasteiger charge is -2.63. The van der Waals surface area contributed by atoms with E-state index in [9.17, 15) is 4.79 Å². The number of fused-ring (bicyclic) bond motifs is 5. The minimum Gasteiger partial charge on any atom is -0.384 e. The summed E-state index contributed by atoms with van der Waals surface area (Å²) in [7, 11) is 1.87. The van der Waals surface area contributed by atoms with Gasteiger partial charge >= 0.3 is 0 Å². The Morgan fingerprint density at radius 2 is 1.94 bits per heavy atom. The maximum atomic E-state index is 13.5. The Hall–Kier alpha value is -1.67. The molecule has 1 aromatic heterocycles. The van der Waals surface area contributed by atoms with Crippen molar-refractivity contribution in [1.82, 2.24) is 9.78 Å². The van der Waals surface area contributed by atoms with Crippen molar-refractivity contribution in [2.45, 2.75) is 78.7 Å². The van der Waals surface area contributed by atoms with Gasteiger partial charge in [0.15, 0.2) is 5.78 Å². The van der Waals surface area contributed by atoms with E-state index in [1.807, 2.05) is 7.11 Å². The van der Waals surface area contributed by atoms with E-state index < -0.39 is 0 Å². The summed E-state index contributed by atoms with van der Waals surface area (Å²) in [6.07, 6.45) is 13.3. The first-order chi connectivity index (χ1) is 15.8. The number of ketones is 1. The highest BCUT2D eigenvalue weighted by Crippen LogP contribution is 2.69. The van der Waals surface area contributed by atoms with Crippen LogP contribution in [-0.4, -0.2) is 29.3 Å². The zero-order valence-electron chi connectivity index (χ0n) is 20.9. The third-order valence-electron chi connectivity index (χ3n) is 11.0. The number of rotatable bonds is 5. The second-order valence-corrected chi connectivity index (χ2v) is 12.5. The summed E-state index contributed by atoms with van der Waals surface area (Å²) in [6.45, 7) is 8.66. The minimum atomic E-state index is 0.0839. The van der Waals surface area contributed by atoms with Crippen molar-refractivity contribution in [2.24, 2.45) is 52.3 Å². The highest BCUT2D eigenvalue weighted by molar-refractivity contribution is 5.82. The molecule has 9 atom stereocenters. The average molecular weight is 452 g/mol. The summed E-state index contributed by atoms with van der Waals surface area (Å²) >= 11 is 0. The molecule has 1 heterocycles. The number of carbonyl (C=O) groups excluding carboxylic acids is 1. The van der Waals surface area contributed by atoms with Gasteiger partial charge in [0.25, 0.3) is 0 Å². The molecule has 4 aliphatic rings. The first kappa shape index (κ1) is 23.1. The summed E-state index contributed by atoms with van der Waals surface area (Å²) in [5.74, 6) is 4.82. The monoisotopic (exact) mass is 451 g/mol. The van der Waals surface area contributed by atoms with Crippen LogP contribution in [-0.2, 0) is 16.1 Å². The van der Waals surface area contributed by atoms with Crippen LogP contribution in [0, 0.1) is 63.6 Å². The van der Waals surface area contributed by atoms with Crippen LogP contribution in [0.4, 0.5) is 0 Å². The van der Waals surface area contributed by atoms with Crippen molar-refractivity contribution in [3.63, 3.8) is 0 Å². The third kappa shape index (κ3) is 3.68. The number of ether oxygens (including phenoxy) is 1. The molecule has 8 unspecified atom stereocenters. The molecule has 5 heteroatoms. The molecule has 5 nitrogen and oxygen atoms in total. The molecular formula is C28H41N3O2. The lowest BCUT2D eigenvalue weighted by Crippen LogP contribution is -2.57. The molecule has 0 amide bonds. The molecule has 0 N–H and O–H groups in total. The first-order valence-corrected chi connectivity index (χ1v) is 13.2. The number of hydrogen-bond donors (Lipinski definition) is 0. The van der Waals surface area contributed by atoms with Crippen molar-refractivity contribution in [1.29, 1.82) is 5.26 Å². The third-order valence-corrected chi connectivity index (χ3v) is 11.0. The van der Waals surface area contributed by atoms with E-state index in [0.29, 0.717) is 41.1 Å². The summed E-state index contributed by atoms with van der Waals surface area (Å²) < 4.78 is 7.47. The molecule has 0 saturated heterocycles. The van der Waals surface area contributed by atoms with Gasteiger partial charge in [0, 0.05) is 25.8 Å². The molecule has 5 rings (SSSR count). The van der Waals surface area contributed by atoms with Crippen LogP contribution in [0.3, 0.4) is 0 Å². The van der Waals surface area contributed by atoms with Crippen LogP contribution in [0.1, 0.15) is 77.7 Å². The van der Waals surface area contributed by atoms with E-state index in [1.54, 1.807) is 17.1 Å². The Morgan fingerprint density at radius 3 is 2.67 bits per heavy atom. The average Bonchev–Trinajstić information content (AvgIpc) is 3.38. The molecule has 0 bridgehead atoms. The fraction of sp³-hybridized carbons (Fsp3) is 0.821. The van der Waals surface area contributed by atoms with Crippen LogP contribution in [0.25, 0.3) is 0 Å². The van der Waals surface area contributed by atoms with Crippen molar-refractivity contribution in [3.8, 4) is 6.07 Å². The predicted octanol–water partition coefficient (Wildman–Crippen LogP) is 5.49. The number of hydrogen-bond acceptors (Lipinski definition) is 4. The zero-order valence-corrected chi connectivity index (χ0v) is 20.9. The van der Waals surface area contributed by atoms with Crippen LogP contribution >= 0.6 is 0 Å². The number of nitrogens with zero attached hydrogens (tertiary/aromatic N) is 3. The van der Waals surface area contributed by atoms with Crippen molar-refractivity contribution in [2.75, 3.05) is 13.7 Å². The van der Waals surface area contributed by atoms with Gasteiger partial charge in [-0.1, -0.05) is 27.2 Å². The second kappa shape index (κ2) is 8.52. The van der Waals surface area contributed by atoms with Crippen LogP contribution in [0.15, 0.2) is 12.4 Å². The molecule has 180 valence electrons. The summed E-state index contributed by atoms with van der Waals surface area (Å²) in [5, 5.41) is 13.3. The zero-order chi connectivity index (χ0) is 23.4. The Balaban J connectivity index is 1.40. The Kier molecular flexibility index (Phi) is 5.96. The highest BCUT2D eigenvalue weighted by atomic mass is 16.5. The van der Waals surface area contributed by atoms with E-state index in [2.05, 4.69) is 31.9 Å². The number of carbonyl (C=O) groups is 1. The van der Waals surface area contributed by atoms with E-state index in [1.165, 1.54) is 44.9 Å². The molecule has 0 radical (unpaired) electrons. The normalized spacial score (nSPS) is 44.4. The van der Waals surface area contributed by atoms with E-state index >= 15 is 0 Å². The van der Waals surface area contributed by atoms with Crippen molar-refractivity contribution in [3.05, 3.63) is 18.0 Å². The Morgan fingerprint density at radius 1 is 1.18 bits per heavy atom. The molecule has 4 saturated carbocycles. The van der Waals surface area contributed by atoms with Gasteiger partial charge in [0.1, 0.15) is 6.07 Å². The van der Waals surface area contributed by atoms with E-state index in [-0.39, 0.29) is 11.3 Å². The van der Waals surface area contributed by atoms with Gasteiger partial charge in [0.05, 0.1) is 18.3 Å². The molecule has 0 spiro atoms. The van der Waals surface area contributed by atoms with Crippen LogP contribution in [0.2, 0.25) is 0 Å². The summed E-state index contributed by atoms with van der Waals surface area (Å²) in [6, 6.07) is 2.11. The Bertz CT molecular complexity index is 934. The first-order valence-electron chi connectivity index (χ1n) is 13.2. The number of methoxy groups -OCH3 is 1. The van der Waals surface area contributed by atoms with Gasteiger partial charge in [-0.3, -0.25) is 9.48 Å². The van der Waals surface area contributed by atoms with E-state index in [0.717, 1.165) is 30.8 Å². The number of aromatic nitrogens is 2. The molecule has 4 fully saturated rings. The lowest BCUT2D eigenvalue weighted by molar-refractivity contribution is -0.157. The van der Waals surface area contributed by atoms with Gasteiger partial charge in [-0.05, 0) is 91.3 Å². The SMILES string of the molecule is COCC1CC2CC(C)CCC2(C)C2CCC3(C)C(CC[C@@H]3C(=O)Cn3cc(C#N)cn3)C12. The second-order valence-electron chi connectivity index (χ2n) is 12.5. The fourth-order valence-electron chi connectivity index (χ4n) is 9.33. The summed E-state index contributed by atoms with van der Waals surface area (Å²) in [4.78, 5) is 13.5. The fourth-order valence-corrected chi connectivity index (χ4v) is 9.33. The molecule has 33 heavy (non-hydrogen) atoms. The largest absolute Gasteiger partial charge is 0.384 e. The van der Waals surface area contributed by atoms with Gasteiger partial charge in [0.2, 0.25) is 0 Å². The standard InChI is InChI=1S/C28H41N3O2/c1-18-7-9-27(2)21(11-18)12-20(17-33-4)26-23-6-5-22(28(23,3)10-8-24(26)27)25(32)16-31-15-19(13-29)14-30-31/h14-15,18,20-24,26H,5-12,16-17H2,1-4H3/t18?,20?,21?,22-,23?,24?,26?,27?,28?/m1/s1. The number of nitriles is 1. The van der Waals surface area contributed by atoms with Gasteiger partial charge in [-0.15, -0.1) is 0 Å².